The summed E-state index contributed by atoms with van der Waals surface area (Å²) in [6.07, 6.45) is 0.798. The molecule has 3 heteroatoms. The fraction of sp³-hybridized carbons (Fsp3) is 0.500. The standard InChI is InChI=1S/C10H14O2S/c1-4-8(10(11)12-3)9-6-5-7(2)13-9/h5-6,8H,4H2,1-3H3. The van der Waals surface area contributed by atoms with Crippen LogP contribution in [-0.4, -0.2) is 13.1 Å². The molecule has 0 saturated heterocycles. The molecular formula is C10H14O2S. The summed E-state index contributed by atoms with van der Waals surface area (Å²) in [5.74, 6) is -0.215. The van der Waals surface area contributed by atoms with Gasteiger partial charge in [0.2, 0.25) is 0 Å². The minimum Gasteiger partial charge on any atom is -0.469 e. The van der Waals surface area contributed by atoms with Gasteiger partial charge in [-0.15, -0.1) is 11.3 Å². The van der Waals surface area contributed by atoms with E-state index in [4.69, 9.17) is 4.74 Å². The van der Waals surface area contributed by atoms with Gasteiger partial charge in [0.05, 0.1) is 13.0 Å². The Kier molecular flexibility index (Phi) is 3.48. The predicted octanol–water partition coefficient (Wildman–Crippen LogP) is 2.72. The summed E-state index contributed by atoms with van der Waals surface area (Å²) in [7, 11) is 1.44. The van der Waals surface area contributed by atoms with Crippen molar-refractivity contribution in [2.45, 2.75) is 26.2 Å². The molecule has 0 aromatic carbocycles. The van der Waals surface area contributed by atoms with Crippen LogP contribution < -0.4 is 0 Å². The van der Waals surface area contributed by atoms with Crippen LogP contribution in [-0.2, 0) is 9.53 Å². The van der Waals surface area contributed by atoms with Crippen LogP contribution in [0.3, 0.4) is 0 Å². The Morgan fingerprint density at radius 2 is 2.31 bits per heavy atom. The van der Waals surface area contributed by atoms with Crippen LogP contribution in [0.2, 0.25) is 0 Å². The van der Waals surface area contributed by atoms with E-state index in [-0.39, 0.29) is 11.9 Å². The van der Waals surface area contributed by atoms with E-state index in [1.54, 1.807) is 11.3 Å². The normalized spacial score (nSPS) is 12.5. The van der Waals surface area contributed by atoms with Gasteiger partial charge in [-0.2, -0.15) is 0 Å². The molecule has 0 N–H and O–H groups in total. The highest BCUT2D eigenvalue weighted by molar-refractivity contribution is 7.12. The number of rotatable bonds is 3. The molecule has 1 unspecified atom stereocenters. The van der Waals surface area contributed by atoms with E-state index < -0.39 is 0 Å². The Labute approximate surface area is 82.5 Å². The second-order valence-electron chi connectivity index (χ2n) is 2.93. The van der Waals surface area contributed by atoms with Crippen LogP contribution in [0, 0.1) is 6.92 Å². The molecule has 0 aliphatic heterocycles. The number of hydrogen-bond acceptors (Lipinski definition) is 3. The molecule has 1 aromatic heterocycles. The van der Waals surface area contributed by atoms with Crippen molar-refractivity contribution in [2.24, 2.45) is 0 Å². The van der Waals surface area contributed by atoms with Crippen molar-refractivity contribution in [2.75, 3.05) is 7.11 Å². The molecule has 72 valence electrons. The molecular weight excluding hydrogens is 184 g/mol. The lowest BCUT2D eigenvalue weighted by atomic mass is 10.1. The molecule has 0 fully saturated rings. The molecule has 2 nitrogen and oxygen atoms in total. The van der Waals surface area contributed by atoms with Gasteiger partial charge in [0.15, 0.2) is 0 Å². The SMILES string of the molecule is CCC(C(=O)OC)c1ccc(C)s1. The lowest BCUT2D eigenvalue weighted by Crippen LogP contribution is -2.11. The Balaban J connectivity index is 2.84. The zero-order valence-corrected chi connectivity index (χ0v) is 8.98. The van der Waals surface area contributed by atoms with Crippen LogP contribution in [0.4, 0.5) is 0 Å². The Morgan fingerprint density at radius 3 is 2.69 bits per heavy atom. The smallest absolute Gasteiger partial charge is 0.313 e. The highest BCUT2D eigenvalue weighted by Gasteiger charge is 2.20. The van der Waals surface area contributed by atoms with E-state index in [1.807, 2.05) is 26.0 Å². The number of thiophene rings is 1. The quantitative estimate of drug-likeness (QED) is 0.698. The van der Waals surface area contributed by atoms with E-state index in [0.717, 1.165) is 11.3 Å². The first-order valence-electron chi connectivity index (χ1n) is 4.33. The number of hydrogen-bond donors (Lipinski definition) is 0. The number of aryl methyl sites for hydroxylation is 1. The molecule has 0 aliphatic carbocycles. The molecule has 0 spiro atoms. The molecule has 0 aliphatic rings. The van der Waals surface area contributed by atoms with Gasteiger partial charge in [-0.25, -0.2) is 0 Å². The van der Waals surface area contributed by atoms with Crippen molar-refractivity contribution >= 4 is 17.3 Å². The van der Waals surface area contributed by atoms with E-state index in [0.29, 0.717) is 0 Å². The Morgan fingerprint density at radius 1 is 1.62 bits per heavy atom. The van der Waals surface area contributed by atoms with Crippen molar-refractivity contribution in [3.8, 4) is 0 Å². The highest BCUT2D eigenvalue weighted by atomic mass is 32.1. The molecule has 1 rings (SSSR count). The lowest BCUT2D eigenvalue weighted by molar-refractivity contribution is -0.142. The molecule has 0 radical (unpaired) electrons. The van der Waals surface area contributed by atoms with Crippen LogP contribution in [0.1, 0.15) is 29.0 Å². The number of carbonyl (C=O) groups excluding carboxylic acids is 1. The molecule has 1 aromatic rings. The monoisotopic (exact) mass is 198 g/mol. The van der Waals surface area contributed by atoms with Gasteiger partial charge < -0.3 is 4.74 Å². The summed E-state index contributed by atoms with van der Waals surface area (Å²) in [5.41, 5.74) is 0. The number of ether oxygens (including phenoxy) is 1. The number of methoxy groups -OCH3 is 1. The molecule has 0 amide bonds. The topological polar surface area (TPSA) is 26.3 Å². The van der Waals surface area contributed by atoms with E-state index >= 15 is 0 Å². The summed E-state index contributed by atoms with van der Waals surface area (Å²) in [4.78, 5) is 13.7. The van der Waals surface area contributed by atoms with Gasteiger partial charge in [-0.1, -0.05) is 6.92 Å². The summed E-state index contributed by atoms with van der Waals surface area (Å²) in [6, 6.07) is 4.04. The molecule has 1 atom stereocenters. The third-order valence-electron chi connectivity index (χ3n) is 2.00. The van der Waals surface area contributed by atoms with Gasteiger partial charge in [0.1, 0.15) is 0 Å². The summed E-state index contributed by atoms with van der Waals surface area (Å²) >= 11 is 1.66. The second-order valence-corrected chi connectivity index (χ2v) is 4.25. The van der Waals surface area contributed by atoms with Crippen molar-refractivity contribution in [1.29, 1.82) is 0 Å². The van der Waals surface area contributed by atoms with Crippen LogP contribution >= 0.6 is 11.3 Å². The first-order valence-corrected chi connectivity index (χ1v) is 5.14. The Bertz CT molecular complexity index is 291. The lowest BCUT2D eigenvalue weighted by Gasteiger charge is -2.09. The van der Waals surface area contributed by atoms with Crippen LogP contribution in [0.15, 0.2) is 12.1 Å². The van der Waals surface area contributed by atoms with Crippen molar-refractivity contribution in [3.05, 3.63) is 21.9 Å². The minimum absolute atomic E-state index is 0.0799. The zero-order valence-electron chi connectivity index (χ0n) is 8.16. The van der Waals surface area contributed by atoms with Gasteiger partial charge in [0, 0.05) is 9.75 Å². The average molecular weight is 198 g/mol. The maximum Gasteiger partial charge on any atom is 0.313 e. The van der Waals surface area contributed by atoms with E-state index in [2.05, 4.69) is 0 Å². The van der Waals surface area contributed by atoms with Crippen molar-refractivity contribution in [1.82, 2.24) is 0 Å². The van der Waals surface area contributed by atoms with Crippen LogP contribution in [0.5, 0.6) is 0 Å². The zero-order chi connectivity index (χ0) is 9.84. The van der Waals surface area contributed by atoms with Gasteiger partial charge in [-0.05, 0) is 25.5 Å². The third kappa shape index (κ3) is 2.31. The summed E-state index contributed by atoms with van der Waals surface area (Å²) in [5, 5.41) is 0. The number of carbonyl (C=O) groups is 1. The van der Waals surface area contributed by atoms with Gasteiger partial charge >= 0.3 is 5.97 Å². The largest absolute Gasteiger partial charge is 0.469 e. The first-order chi connectivity index (χ1) is 6.19. The molecule has 13 heavy (non-hydrogen) atoms. The molecule has 0 saturated carbocycles. The van der Waals surface area contributed by atoms with Crippen LogP contribution in [0.25, 0.3) is 0 Å². The molecule has 0 bridgehead atoms. The third-order valence-corrected chi connectivity index (χ3v) is 3.11. The summed E-state index contributed by atoms with van der Waals surface area (Å²) < 4.78 is 4.73. The van der Waals surface area contributed by atoms with E-state index in [1.165, 1.54) is 12.0 Å². The predicted molar refractivity (Wildman–Crippen MR) is 54.1 cm³/mol. The highest BCUT2D eigenvalue weighted by Crippen LogP contribution is 2.27. The molecule has 1 heterocycles. The second kappa shape index (κ2) is 4.42. The minimum atomic E-state index is -0.135. The summed E-state index contributed by atoms with van der Waals surface area (Å²) in [6.45, 7) is 4.04. The number of esters is 1. The van der Waals surface area contributed by atoms with Crippen molar-refractivity contribution < 1.29 is 9.53 Å². The van der Waals surface area contributed by atoms with E-state index in [9.17, 15) is 4.79 Å². The van der Waals surface area contributed by atoms with Gasteiger partial charge in [-0.3, -0.25) is 4.79 Å². The average Bonchev–Trinajstić information content (AvgIpc) is 2.53. The van der Waals surface area contributed by atoms with Gasteiger partial charge in [0.25, 0.3) is 0 Å². The van der Waals surface area contributed by atoms with Crippen molar-refractivity contribution in [3.63, 3.8) is 0 Å². The maximum absolute atomic E-state index is 11.3. The fourth-order valence-corrected chi connectivity index (χ4v) is 2.32. The fourth-order valence-electron chi connectivity index (χ4n) is 1.27. The maximum atomic E-state index is 11.3. The Hall–Kier alpha value is -0.830. The first kappa shape index (κ1) is 10.3.